The van der Waals surface area contributed by atoms with E-state index in [-0.39, 0.29) is 10.8 Å². The second kappa shape index (κ2) is 7.98. The summed E-state index contributed by atoms with van der Waals surface area (Å²) in [6.07, 6.45) is 1.03. The van der Waals surface area contributed by atoms with E-state index >= 15 is 0 Å². The summed E-state index contributed by atoms with van der Waals surface area (Å²) in [5, 5.41) is 2.77. The van der Waals surface area contributed by atoms with E-state index in [9.17, 15) is 13.2 Å². The molecule has 0 aromatic heterocycles. The van der Waals surface area contributed by atoms with Crippen LogP contribution in [0.15, 0.2) is 47.4 Å². The summed E-state index contributed by atoms with van der Waals surface area (Å²) in [6, 6.07) is 11.2. The molecule has 27 heavy (non-hydrogen) atoms. The third-order valence-corrected chi connectivity index (χ3v) is 5.72. The molecule has 0 saturated carbocycles. The highest BCUT2D eigenvalue weighted by Crippen LogP contribution is 2.24. The lowest BCUT2D eigenvalue weighted by molar-refractivity contribution is -0.124. The number of amides is 1. The Morgan fingerprint density at radius 2 is 1.93 bits per heavy atom. The van der Waals surface area contributed by atoms with Crippen LogP contribution in [0.5, 0.6) is 5.75 Å². The molecule has 1 amide bonds. The molecule has 1 unspecified atom stereocenters. The summed E-state index contributed by atoms with van der Waals surface area (Å²) in [5.41, 5.74) is 1.64. The molecule has 1 fully saturated rings. The number of carbonyl (C=O) groups is 1. The van der Waals surface area contributed by atoms with Crippen LogP contribution in [0, 0.1) is 6.92 Å². The topological polar surface area (TPSA) is 93.7 Å². The Kier molecular flexibility index (Phi) is 5.67. The van der Waals surface area contributed by atoms with Crippen molar-refractivity contribution < 1.29 is 22.7 Å². The van der Waals surface area contributed by atoms with Crippen LogP contribution in [0.3, 0.4) is 0 Å². The second-order valence-electron chi connectivity index (χ2n) is 6.30. The number of hydrogen-bond acceptors (Lipinski definition) is 5. The van der Waals surface area contributed by atoms with Gasteiger partial charge in [-0.25, -0.2) is 8.42 Å². The first-order chi connectivity index (χ1) is 12.9. The molecule has 0 aliphatic carbocycles. The Balaban J connectivity index is 1.79. The monoisotopic (exact) mass is 390 g/mol. The van der Waals surface area contributed by atoms with Gasteiger partial charge >= 0.3 is 0 Å². The fraction of sp³-hybridized carbons (Fsp3) is 0.316. The molecule has 1 aliphatic heterocycles. The quantitative estimate of drug-likeness (QED) is 0.791. The maximum absolute atomic E-state index is 12.7. The summed E-state index contributed by atoms with van der Waals surface area (Å²) in [4.78, 5) is 12.3. The fourth-order valence-electron chi connectivity index (χ4n) is 2.77. The SMILES string of the molecule is COc1ccc(NS(=O)(=O)c2ccc(C)c(NC(=O)C3CCCO3)c2)cc1. The molecular formula is C19H22N2O5S. The Morgan fingerprint density at radius 3 is 2.56 bits per heavy atom. The zero-order chi connectivity index (χ0) is 19.4. The molecule has 2 aromatic carbocycles. The number of nitrogens with one attached hydrogen (secondary N) is 2. The average Bonchev–Trinajstić information content (AvgIpc) is 3.18. The van der Waals surface area contributed by atoms with Crippen molar-refractivity contribution in [2.75, 3.05) is 23.8 Å². The molecular weight excluding hydrogens is 368 g/mol. The van der Waals surface area contributed by atoms with E-state index in [1.54, 1.807) is 37.3 Å². The fourth-order valence-corrected chi connectivity index (χ4v) is 3.86. The van der Waals surface area contributed by atoms with Gasteiger partial charge in [-0.05, 0) is 61.7 Å². The Bertz CT molecular complexity index is 920. The minimum Gasteiger partial charge on any atom is -0.497 e. The molecule has 1 aliphatic rings. The van der Waals surface area contributed by atoms with Gasteiger partial charge in [0.1, 0.15) is 11.9 Å². The van der Waals surface area contributed by atoms with Gasteiger partial charge in [0.25, 0.3) is 15.9 Å². The second-order valence-corrected chi connectivity index (χ2v) is 7.98. The molecule has 144 valence electrons. The standard InChI is InChI=1S/C19H22N2O5S/c1-13-5-10-16(12-17(13)20-19(22)18-4-3-11-26-18)27(23,24)21-14-6-8-15(25-2)9-7-14/h5-10,12,18,21H,3-4,11H2,1-2H3,(H,20,22). The first kappa shape index (κ1) is 19.2. The summed E-state index contributed by atoms with van der Waals surface area (Å²) >= 11 is 0. The van der Waals surface area contributed by atoms with Gasteiger partial charge in [-0.3, -0.25) is 9.52 Å². The number of sulfonamides is 1. The highest BCUT2D eigenvalue weighted by atomic mass is 32.2. The number of anilines is 2. The maximum atomic E-state index is 12.7. The molecule has 3 rings (SSSR count). The average molecular weight is 390 g/mol. The third-order valence-electron chi connectivity index (χ3n) is 4.34. The minimum absolute atomic E-state index is 0.0616. The van der Waals surface area contributed by atoms with Crippen molar-refractivity contribution in [3.8, 4) is 5.75 Å². The van der Waals surface area contributed by atoms with Crippen molar-refractivity contribution in [3.05, 3.63) is 48.0 Å². The molecule has 2 N–H and O–H groups in total. The van der Waals surface area contributed by atoms with E-state index < -0.39 is 16.1 Å². The van der Waals surface area contributed by atoms with Gasteiger partial charge in [-0.2, -0.15) is 0 Å². The molecule has 1 saturated heterocycles. The van der Waals surface area contributed by atoms with Gasteiger partial charge in [0.15, 0.2) is 0 Å². The van der Waals surface area contributed by atoms with Gasteiger partial charge in [0.2, 0.25) is 0 Å². The molecule has 2 aromatic rings. The molecule has 8 heteroatoms. The summed E-state index contributed by atoms with van der Waals surface area (Å²) < 4.78 is 38.3. The Morgan fingerprint density at radius 1 is 1.19 bits per heavy atom. The van der Waals surface area contributed by atoms with E-state index in [1.807, 2.05) is 0 Å². The van der Waals surface area contributed by atoms with E-state index in [0.717, 1.165) is 12.0 Å². The van der Waals surface area contributed by atoms with Gasteiger partial charge in [-0.1, -0.05) is 6.07 Å². The molecule has 7 nitrogen and oxygen atoms in total. The van der Waals surface area contributed by atoms with E-state index in [0.29, 0.717) is 30.2 Å². The zero-order valence-electron chi connectivity index (χ0n) is 15.2. The molecule has 1 atom stereocenters. The zero-order valence-corrected chi connectivity index (χ0v) is 16.0. The highest BCUT2D eigenvalue weighted by molar-refractivity contribution is 7.92. The number of methoxy groups -OCH3 is 1. The summed E-state index contributed by atoms with van der Waals surface area (Å²) in [7, 11) is -2.26. The van der Waals surface area contributed by atoms with Crippen molar-refractivity contribution in [2.45, 2.75) is 30.8 Å². The van der Waals surface area contributed by atoms with Crippen molar-refractivity contribution in [3.63, 3.8) is 0 Å². The number of hydrogen-bond donors (Lipinski definition) is 2. The predicted octanol–water partition coefficient (Wildman–Crippen LogP) is 2.92. The molecule has 0 radical (unpaired) electrons. The van der Waals surface area contributed by atoms with Gasteiger partial charge in [0, 0.05) is 18.0 Å². The van der Waals surface area contributed by atoms with Crippen molar-refractivity contribution in [1.82, 2.24) is 0 Å². The van der Waals surface area contributed by atoms with Crippen LogP contribution in [0.2, 0.25) is 0 Å². The number of benzene rings is 2. The van der Waals surface area contributed by atoms with E-state index in [2.05, 4.69) is 10.0 Å². The minimum atomic E-state index is -3.80. The largest absolute Gasteiger partial charge is 0.497 e. The Hall–Kier alpha value is -2.58. The van der Waals surface area contributed by atoms with Crippen LogP contribution in [0.4, 0.5) is 11.4 Å². The van der Waals surface area contributed by atoms with E-state index in [1.165, 1.54) is 19.2 Å². The number of carbonyl (C=O) groups excluding carboxylic acids is 1. The molecule has 1 heterocycles. The first-order valence-electron chi connectivity index (χ1n) is 8.59. The molecule has 0 bridgehead atoms. The molecule has 0 spiro atoms. The lowest BCUT2D eigenvalue weighted by atomic mass is 10.2. The van der Waals surface area contributed by atoms with Gasteiger partial charge in [-0.15, -0.1) is 0 Å². The van der Waals surface area contributed by atoms with Gasteiger partial charge < -0.3 is 14.8 Å². The number of ether oxygens (including phenoxy) is 2. The van der Waals surface area contributed by atoms with Crippen molar-refractivity contribution in [1.29, 1.82) is 0 Å². The predicted molar refractivity (Wildman–Crippen MR) is 103 cm³/mol. The van der Waals surface area contributed by atoms with Crippen LogP contribution < -0.4 is 14.8 Å². The van der Waals surface area contributed by atoms with E-state index in [4.69, 9.17) is 9.47 Å². The van der Waals surface area contributed by atoms with Crippen molar-refractivity contribution in [2.24, 2.45) is 0 Å². The summed E-state index contributed by atoms with van der Waals surface area (Å²) in [5.74, 6) is 0.376. The van der Waals surface area contributed by atoms with Gasteiger partial charge in [0.05, 0.1) is 12.0 Å². The third kappa shape index (κ3) is 4.58. The number of rotatable bonds is 6. The lowest BCUT2D eigenvalue weighted by Gasteiger charge is -2.14. The van der Waals surface area contributed by atoms with Crippen molar-refractivity contribution >= 4 is 27.3 Å². The van der Waals surface area contributed by atoms with Crippen LogP contribution in [-0.4, -0.2) is 34.1 Å². The highest BCUT2D eigenvalue weighted by Gasteiger charge is 2.24. The van der Waals surface area contributed by atoms with Crippen LogP contribution in [-0.2, 0) is 19.6 Å². The van der Waals surface area contributed by atoms with Crippen LogP contribution >= 0.6 is 0 Å². The summed E-state index contributed by atoms with van der Waals surface area (Å²) in [6.45, 7) is 2.37. The number of aryl methyl sites for hydroxylation is 1. The van der Waals surface area contributed by atoms with Crippen LogP contribution in [0.1, 0.15) is 18.4 Å². The smallest absolute Gasteiger partial charge is 0.261 e. The first-order valence-corrected chi connectivity index (χ1v) is 10.1. The maximum Gasteiger partial charge on any atom is 0.261 e. The van der Waals surface area contributed by atoms with Crippen LogP contribution in [0.25, 0.3) is 0 Å². The Labute approximate surface area is 158 Å². The lowest BCUT2D eigenvalue weighted by Crippen LogP contribution is -2.27. The normalized spacial score (nSPS) is 16.7.